The normalized spacial score (nSPS) is 15.4. The van der Waals surface area contributed by atoms with E-state index in [1.165, 1.54) is 11.4 Å². The van der Waals surface area contributed by atoms with Gasteiger partial charge >= 0.3 is 12.4 Å². The molecule has 1 heterocycles. The second-order valence-corrected chi connectivity index (χ2v) is 5.37. The van der Waals surface area contributed by atoms with E-state index in [1.807, 2.05) is 0 Å². The SMILES string of the molecule is FC(F)(F)C(C(Cl)c1sccc1Br)C(F)(F)F. The summed E-state index contributed by atoms with van der Waals surface area (Å²) in [5.41, 5.74) is 0. The van der Waals surface area contributed by atoms with Gasteiger partial charge in [0.05, 0.1) is 5.38 Å². The van der Waals surface area contributed by atoms with Crippen molar-refractivity contribution < 1.29 is 26.3 Å². The molecule has 0 aliphatic rings. The van der Waals surface area contributed by atoms with Crippen LogP contribution >= 0.6 is 38.9 Å². The van der Waals surface area contributed by atoms with Gasteiger partial charge in [0.1, 0.15) is 0 Å². The quantitative estimate of drug-likeness (QED) is 0.480. The third kappa shape index (κ3) is 3.51. The number of rotatable bonds is 2. The van der Waals surface area contributed by atoms with Crippen LogP contribution in [-0.2, 0) is 0 Å². The van der Waals surface area contributed by atoms with Gasteiger partial charge in [0, 0.05) is 9.35 Å². The van der Waals surface area contributed by atoms with Crippen molar-refractivity contribution in [1.29, 1.82) is 0 Å². The Morgan fingerprint density at radius 3 is 1.88 bits per heavy atom. The first-order chi connectivity index (χ1) is 7.55. The molecule has 1 unspecified atom stereocenters. The topological polar surface area (TPSA) is 0 Å². The van der Waals surface area contributed by atoms with Crippen LogP contribution in [0.25, 0.3) is 0 Å². The van der Waals surface area contributed by atoms with Crippen LogP contribution in [0.5, 0.6) is 0 Å². The molecule has 0 radical (unpaired) electrons. The van der Waals surface area contributed by atoms with E-state index in [0.717, 1.165) is 11.3 Å². The molecule has 0 bridgehead atoms. The fraction of sp³-hybridized carbons (Fsp3) is 0.500. The van der Waals surface area contributed by atoms with E-state index in [0.29, 0.717) is 0 Å². The van der Waals surface area contributed by atoms with Crippen LogP contribution in [-0.4, -0.2) is 12.4 Å². The molecular formula is C8H4BrClF6S. The minimum absolute atomic E-state index is 0.140. The molecule has 0 aliphatic carbocycles. The minimum Gasteiger partial charge on any atom is -0.170 e. The molecule has 0 aromatic carbocycles. The van der Waals surface area contributed by atoms with Crippen molar-refractivity contribution >= 4 is 38.9 Å². The number of hydrogen-bond donors (Lipinski definition) is 0. The molecule has 0 saturated heterocycles. The molecule has 9 heteroatoms. The second-order valence-electron chi connectivity index (χ2n) is 3.10. The van der Waals surface area contributed by atoms with Crippen molar-refractivity contribution in [3.8, 4) is 0 Å². The molecule has 0 saturated carbocycles. The third-order valence-corrected chi connectivity index (χ3v) is 4.45. The minimum atomic E-state index is -5.44. The Balaban J connectivity index is 3.13. The Labute approximate surface area is 110 Å². The summed E-state index contributed by atoms with van der Waals surface area (Å²) in [6.45, 7) is 0. The van der Waals surface area contributed by atoms with Gasteiger partial charge in [-0.25, -0.2) is 0 Å². The van der Waals surface area contributed by atoms with Gasteiger partial charge in [0.25, 0.3) is 0 Å². The number of hydrogen-bond acceptors (Lipinski definition) is 1. The Hall–Kier alpha value is 0.0500. The van der Waals surface area contributed by atoms with E-state index in [2.05, 4.69) is 15.9 Å². The molecule has 98 valence electrons. The fourth-order valence-corrected chi connectivity index (χ4v) is 3.49. The van der Waals surface area contributed by atoms with Gasteiger partial charge in [-0.05, 0) is 27.4 Å². The van der Waals surface area contributed by atoms with Crippen molar-refractivity contribution in [3.05, 3.63) is 20.8 Å². The fourth-order valence-electron chi connectivity index (χ4n) is 1.17. The van der Waals surface area contributed by atoms with Gasteiger partial charge in [-0.15, -0.1) is 22.9 Å². The molecule has 1 aromatic rings. The highest BCUT2D eigenvalue weighted by Crippen LogP contribution is 2.51. The lowest BCUT2D eigenvalue weighted by Crippen LogP contribution is -2.39. The summed E-state index contributed by atoms with van der Waals surface area (Å²) in [5.74, 6) is -3.58. The van der Waals surface area contributed by atoms with Gasteiger partial charge < -0.3 is 0 Å². The Kier molecular flexibility index (Phi) is 4.42. The summed E-state index contributed by atoms with van der Waals surface area (Å²) in [6.07, 6.45) is -10.9. The van der Waals surface area contributed by atoms with Gasteiger partial charge in [-0.3, -0.25) is 0 Å². The van der Waals surface area contributed by atoms with Crippen LogP contribution in [0.4, 0.5) is 26.3 Å². The van der Waals surface area contributed by atoms with Crippen molar-refractivity contribution in [2.75, 3.05) is 0 Å². The lowest BCUT2D eigenvalue weighted by atomic mass is 10.0. The predicted molar refractivity (Wildman–Crippen MR) is 56.2 cm³/mol. The monoisotopic (exact) mass is 360 g/mol. The smallest absolute Gasteiger partial charge is 0.170 e. The first-order valence-corrected chi connectivity index (χ1v) is 6.16. The maximum absolute atomic E-state index is 12.4. The van der Waals surface area contributed by atoms with Crippen molar-refractivity contribution in [2.24, 2.45) is 5.92 Å². The summed E-state index contributed by atoms with van der Waals surface area (Å²) < 4.78 is 74.4. The maximum Gasteiger partial charge on any atom is 0.402 e. The van der Waals surface area contributed by atoms with Crippen molar-refractivity contribution in [3.63, 3.8) is 0 Å². The lowest BCUT2D eigenvalue weighted by molar-refractivity contribution is -0.284. The highest BCUT2D eigenvalue weighted by Gasteiger charge is 2.60. The van der Waals surface area contributed by atoms with E-state index >= 15 is 0 Å². The lowest BCUT2D eigenvalue weighted by Gasteiger charge is -2.26. The predicted octanol–water partition coefficient (Wildman–Crippen LogP) is 5.53. The molecular weight excluding hydrogens is 358 g/mol. The molecule has 0 N–H and O–H groups in total. The van der Waals surface area contributed by atoms with Crippen molar-refractivity contribution in [2.45, 2.75) is 17.7 Å². The molecule has 1 rings (SSSR count). The summed E-state index contributed by atoms with van der Waals surface area (Å²) in [6, 6.07) is 1.35. The van der Waals surface area contributed by atoms with Crippen LogP contribution in [0.15, 0.2) is 15.9 Å². The molecule has 0 amide bonds. The Bertz CT molecular complexity index is 370. The number of alkyl halides is 7. The first kappa shape index (κ1) is 15.1. The van der Waals surface area contributed by atoms with Gasteiger partial charge in [0.15, 0.2) is 5.92 Å². The second kappa shape index (κ2) is 4.97. The highest BCUT2D eigenvalue weighted by atomic mass is 79.9. The zero-order valence-corrected chi connectivity index (χ0v) is 10.9. The standard InChI is InChI=1S/C8H4BrClF6S/c9-3-1-2-17-5(3)4(10)6(7(11,12)13)8(14,15)16/h1-2,4,6H. The van der Waals surface area contributed by atoms with Crippen LogP contribution in [0.2, 0.25) is 0 Å². The largest absolute Gasteiger partial charge is 0.402 e. The molecule has 0 spiro atoms. The van der Waals surface area contributed by atoms with Gasteiger partial charge in [0.2, 0.25) is 0 Å². The average Bonchev–Trinajstić information content (AvgIpc) is 2.45. The van der Waals surface area contributed by atoms with E-state index in [9.17, 15) is 26.3 Å². The Morgan fingerprint density at radius 2 is 1.59 bits per heavy atom. The number of halogens is 8. The van der Waals surface area contributed by atoms with Gasteiger partial charge in [-0.2, -0.15) is 26.3 Å². The van der Waals surface area contributed by atoms with Crippen LogP contribution in [0.3, 0.4) is 0 Å². The van der Waals surface area contributed by atoms with Crippen LogP contribution < -0.4 is 0 Å². The van der Waals surface area contributed by atoms with Crippen molar-refractivity contribution in [1.82, 2.24) is 0 Å². The zero-order valence-electron chi connectivity index (χ0n) is 7.74. The van der Waals surface area contributed by atoms with E-state index in [1.54, 1.807) is 0 Å². The average molecular weight is 362 g/mol. The maximum atomic E-state index is 12.4. The first-order valence-electron chi connectivity index (χ1n) is 4.05. The van der Waals surface area contributed by atoms with E-state index in [-0.39, 0.29) is 9.35 Å². The third-order valence-electron chi connectivity index (χ3n) is 1.89. The molecule has 0 aliphatic heterocycles. The Morgan fingerprint density at radius 1 is 1.12 bits per heavy atom. The molecule has 17 heavy (non-hydrogen) atoms. The molecule has 1 aromatic heterocycles. The zero-order chi connectivity index (χ0) is 13.4. The van der Waals surface area contributed by atoms with E-state index in [4.69, 9.17) is 11.6 Å². The molecule has 1 atom stereocenters. The van der Waals surface area contributed by atoms with Crippen LogP contribution in [0, 0.1) is 5.92 Å². The summed E-state index contributed by atoms with van der Waals surface area (Å²) >= 11 is 8.93. The summed E-state index contributed by atoms with van der Waals surface area (Å²) in [4.78, 5) is -0.189. The summed E-state index contributed by atoms with van der Waals surface area (Å²) in [5, 5.41) is -0.831. The summed E-state index contributed by atoms with van der Waals surface area (Å²) in [7, 11) is 0. The number of thiophene rings is 1. The molecule has 0 nitrogen and oxygen atoms in total. The molecule has 0 fully saturated rings. The van der Waals surface area contributed by atoms with Gasteiger partial charge in [-0.1, -0.05) is 0 Å². The van der Waals surface area contributed by atoms with Crippen LogP contribution in [0.1, 0.15) is 10.3 Å². The highest BCUT2D eigenvalue weighted by molar-refractivity contribution is 9.10. The van der Waals surface area contributed by atoms with E-state index < -0.39 is 23.6 Å².